The molecule has 13 heteroatoms. The molecule has 3 N–H and O–H groups in total. The van der Waals surface area contributed by atoms with Crippen molar-refractivity contribution in [3.8, 4) is 6.07 Å². The van der Waals surface area contributed by atoms with Crippen LogP contribution in [-0.2, 0) is 21.7 Å². The number of urea groups is 1. The van der Waals surface area contributed by atoms with Crippen LogP contribution in [-0.4, -0.2) is 96.1 Å². The lowest BCUT2D eigenvalue weighted by Gasteiger charge is -2.54. The summed E-state index contributed by atoms with van der Waals surface area (Å²) in [5.74, 6) is 0.384. The zero-order chi connectivity index (χ0) is 27.7. The first-order valence-corrected chi connectivity index (χ1v) is 12.7. The van der Waals surface area contributed by atoms with Gasteiger partial charge in [-0.3, -0.25) is 24.7 Å². The quantitative estimate of drug-likeness (QED) is 0.327. The number of aldehydes is 1. The Morgan fingerprint density at radius 3 is 2.85 bits per heavy atom. The highest BCUT2D eigenvalue weighted by Crippen LogP contribution is 2.53. The lowest BCUT2D eigenvalue weighted by molar-refractivity contribution is -0.136. The number of anilines is 3. The van der Waals surface area contributed by atoms with E-state index in [1.54, 1.807) is 24.1 Å². The van der Waals surface area contributed by atoms with Crippen LogP contribution in [0.1, 0.15) is 40.0 Å². The minimum Gasteiger partial charge on any atom is -0.385 e. The van der Waals surface area contributed by atoms with Gasteiger partial charge in [-0.2, -0.15) is 5.26 Å². The molecular formula is C26H30N8O5. The Morgan fingerprint density at radius 1 is 1.36 bits per heavy atom. The number of hydrogen-bond donors (Lipinski definition) is 3. The Kier molecular flexibility index (Phi) is 7.17. The molecule has 4 aliphatic rings. The first-order chi connectivity index (χ1) is 18.8. The lowest BCUT2D eigenvalue weighted by atomic mass is 9.67. The Hall–Kier alpha value is -4.12. The van der Waals surface area contributed by atoms with Gasteiger partial charge in [-0.05, 0) is 13.1 Å². The van der Waals surface area contributed by atoms with Crippen molar-refractivity contribution in [1.29, 1.82) is 5.26 Å². The second-order valence-electron chi connectivity index (χ2n) is 10.1. The molecule has 0 radical (unpaired) electrons. The molecule has 2 aromatic rings. The predicted molar refractivity (Wildman–Crippen MR) is 140 cm³/mol. The summed E-state index contributed by atoms with van der Waals surface area (Å²) in [7, 11) is 3.45. The number of carbonyl (C=O) groups excluding carboxylic acids is 3. The van der Waals surface area contributed by atoms with Crippen LogP contribution in [0.25, 0.3) is 0 Å². The number of likely N-dealkylation sites (N-methyl/N-ethyl adjacent to an activating group) is 1. The average Bonchev–Trinajstić information content (AvgIpc) is 2.89. The molecule has 1 saturated carbocycles. The molecule has 0 spiro atoms. The third kappa shape index (κ3) is 5.01. The van der Waals surface area contributed by atoms with E-state index in [2.05, 4.69) is 26.7 Å². The molecule has 39 heavy (non-hydrogen) atoms. The van der Waals surface area contributed by atoms with Crippen molar-refractivity contribution in [2.24, 2.45) is 0 Å². The maximum Gasteiger partial charge on any atom is 0.328 e. The number of methoxy groups -OCH3 is 1. The number of nitrogens with one attached hydrogen (secondary N) is 2. The van der Waals surface area contributed by atoms with Crippen molar-refractivity contribution in [2.75, 3.05) is 62.5 Å². The van der Waals surface area contributed by atoms with Crippen LogP contribution in [0.2, 0.25) is 0 Å². The number of rotatable bonds is 8. The number of hydrogen-bond acceptors (Lipinski definition) is 10. The Labute approximate surface area is 225 Å². The molecule has 3 amide bonds. The molecule has 0 unspecified atom stereocenters. The number of amides is 3. The van der Waals surface area contributed by atoms with Crippen molar-refractivity contribution in [3.05, 3.63) is 40.7 Å². The highest BCUT2D eigenvalue weighted by atomic mass is 16.5. The van der Waals surface area contributed by atoms with Gasteiger partial charge in [0.25, 0.3) is 0 Å². The maximum absolute atomic E-state index is 13.5. The fraction of sp³-hybridized carbons (Fsp3) is 0.462. The fourth-order valence-corrected chi connectivity index (χ4v) is 5.29. The second-order valence-corrected chi connectivity index (χ2v) is 10.1. The highest BCUT2D eigenvalue weighted by Gasteiger charge is 2.55. The van der Waals surface area contributed by atoms with Gasteiger partial charge in [0.05, 0.1) is 30.0 Å². The summed E-state index contributed by atoms with van der Waals surface area (Å²) in [6, 6.07) is 4.50. The van der Waals surface area contributed by atoms with E-state index in [0.29, 0.717) is 74.3 Å². The van der Waals surface area contributed by atoms with Crippen molar-refractivity contribution < 1.29 is 24.2 Å². The summed E-state index contributed by atoms with van der Waals surface area (Å²) >= 11 is 0. The van der Waals surface area contributed by atoms with Crippen LogP contribution in [0.15, 0.2) is 18.3 Å². The van der Waals surface area contributed by atoms with E-state index in [0.717, 1.165) is 0 Å². The normalized spacial score (nSPS) is 22.0. The first kappa shape index (κ1) is 26.5. The van der Waals surface area contributed by atoms with Gasteiger partial charge in [-0.15, -0.1) is 0 Å². The van der Waals surface area contributed by atoms with Gasteiger partial charge in [-0.1, -0.05) is 0 Å². The molecule has 1 saturated heterocycles. The van der Waals surface area contributed by atoms with Gasteiger partial charge in [0.1, 0.15) is 23.4 Å². The minimum absolute atomic E-state index is 0.0484. The van der Waals surface area contributed by atoms with Gasteiger partial charge < -0.3 is 20.1 Å². The summed E-state index contributed by atoms with van der Waals surface area (Å²) in [6.07, 6.45) is 2.63. The molecule has 2 bridgehead atoms. The van der Waals surface area contributed by atoms with Crippen LogP contribution in [0.4, 0.5) is 22.1 Å². The second kappa shape index (κ2) is 10.6. The monoisotopic (exact) mass is 534 g/mol. The van der Waals surface area contributed by atoms with Crippen LogP contribution in [0.5, 0.6) is 0 Å². The molecule has 204 valence electrons. The summed E-state index contributed by atoms with van der Waals surface area (Å²) < 4.78 is 5.04. The van der Waals surface area contributed by atoms with Gasteiger partial charge in [0.2, 0.25) is 5.91 Å². The molecule has 2 fully saturated rings. The number of aliphatic hydroxyl groups is 1. The van der Waals surface area contributed by atoms with E-state index in [1.165, 1.54) is 11.1 Å². The standard InChI is InChI=1S/C26H30N8O5/c1-32-4-5-33(23(36)14-32)13-16-7-19-24(30-21(16)15-35)34(18-9-26(19,38)10-18)25(37)31-22-8-20(28-3-6-39-2)17(11-27)12-29-22/h7-8,12,15,18,38H,3-6,9-10,13-14H2,1-2H3,(H2,28,29,31,37). The third-order valence-corrected chi connectivity index (χ3v) is 7.44. The van der Waals surface area contributed by atoms with E-state index >= 15 is 0 Å². The number of pyridine rings is 2. The average molecular weight is 535 g/mol. The van der Waals surface area contributed by atoms with Crippen molar-refractivity contribution in [1.82, 2.24) is 19.8 Å². The zero-order valence-electron chi connectivity index (χ0n) is 21.8. The highest BCUT2D eigenvalue weighted by molar-refractivity contribution is 6.03. The van der Waals surface area contributed by atoms with Crippen molar-refractivity contribution in [3.63, 3.8) is 0 Å². The predicted octanol–water partition coefficient (Wildman–Crippen LogP) is 0.895. The third-order valence-electron chi connectivity index (χ3n) is 7.44. The van der Waals surface area contributed by atoms with E-state index in [9.17, 15) is 24.8 Å². The number of nitrogens with zero attached hydrogens (tertiary/aromatic N) is 6. The molecule has 0 aromatic carbocycles. The van der Waals surface area contributed by atoms with Crippen LogP contribution < -0.4 is 15.5 Å². The number of piperazine rings is 1. The molecule has 0 atom stereocenters. The Bertz CT molecular complexity index is 1350. The number of carbonyl (C=O) groups is 3. The van der Waals surface area contributed by atoms with Gasteiger partial charge in [0, 0.05) is 75.6 Å². The van der Waals surface area contributed by atoms with E-state index in [1.807, 2.05) is 11.9 Å². The maximum atomic E-state index is 13.5. The smallest absolute Gasteiger partial charge is 0.328 e. The number of nitriles is 1. The molecule has 13 nitrogen and oxygen atoms in total. The van der Waals surface area contributed by atoms with Crippen molar-refractivity contribution in [2.45, 2.75) is 31.0 Å². The molecule has 6 rings (SSSR count). The first-order valence-electron chi connectivity index (χ1n) is 12.7. The number of aromatic nitrogens is 2. The van der Waals surface area contributed by atoms with Gasteiger partial charge in [0.15, 0.2) is 6.29 Å². The lowest BCUT2D eigenvalue weighted by Crippen LogP contribution is -2.61. The van der Waals surface area contributed by atoms with Crippen molar-refractivity contribution >= 4 is 35.5 Å². The van der Waals surface area contributed by atoms with Gasteiger partial charge in [-0.25, -0.2) is 14.8 Å². The summed E-state index contributed by atoms with van der Waals surface area (Å²) in [6.45, 7) is 2.61. The zero-order valence-corrected chi connectivity index (χ0v) is 21.8. The summed E-state index contributed by atoms with van der Waals surface area (Å²) in [4.78, 5) is 51.8. The minimum atomic E-state index is -1.16. The molecule has 1 aliphatic carbocycles. The molecular weight excluding hydrogens is 504 g/mol. The van der Waals surface area contributed by atoms with E-state index < -0.39 is 11.6 Å². The number of ether oxygens (including phenoxy) is 1. The van der Waals surface area contributed by atoms with Crippen LogP contribution in [0.3, 0.4) is 0 Å². The van der Waals surface area contributed by atoms with E-state index in [-0.39, 0.29) is 35.8 Å². The van der Waals surface area contributed by atoms with Gasteiger partial charge >= 0.3 is 6.03 Å². The molecule has 3 aliphatic heterocycles. The Morgan fingerprint density at radius 2 is 2.15 bits per heavy atom. The molecule has 5 heterocycles. The topological polar surface area (TPSA) is 164 Å². The van der Waals surface area contributed by atoms with Crippen LogP contribution >= 0.6 is 0 Å². The van der Waals surface area contributed by atoms with E-state index in [4.69, 9.17) is 4.74 Å². The Balaban J connectivity index is 1.41. The summed E-state index contributed by atoms with van der Waals surface area (Å²) in [5, 5.41) is 26.5. The fourth-order valence-electron chi connectivity index (χ4n) is 5.29. The SMILES string of the molecule is COCCNc1cc(NC(=O)N2c3nc(C=O)c(CN4CCN(C)CC4=O)cc3C3(O)CC2C3)ncc1C#N. The molecule has 2 aromatic heterocycles. The van der Waals surface area contributed by atoms with Crippen LogP contribution in [0, 0.1) is 11.3 Å². The summed E-state index contributed by atoms with van der Waals surface area (Å²) in [5.41, 5.74) is 0.765. The largest absolute Gasteiger partial charge is 0.385 e.